The van der Waals surface area contributed by atoms with Crippen LogP contribution in [0.25, 0.3) is 0 Å². The Morgan fingerprint density at radius 1 is 0.929 bits per heavy atom. The van der Waals surface area contributed by atoms with Crippen LogP contribution in [-0.4, -0.2) is 31.0 Å². The Labute approximate surface area is 168 Å². The molecular formula is C25H30N2O. The van der Waals surface area contributed by atoms with Gasteiger partial charge in [0.15, 0.2) is 0 Å². The topological polar surface area (TPSA) is 35.8 Å². The average Bonchev–Trinajstić information content (AvgIpc) is 2.65. The summed E-state index contributed by atoms with van der Waals surface area (Å²) in [5.74, 6) is 1.43. The van der Waals surface area contributed by atoms with Crippen molar-refractivity contribution in [3.63, 3.8) is 0 Å². The van der Waals surface area contributed by atoms with Crippen molar-refractivity contribution < 1.29 is 5.11 Å². The van der Waals surface area contributed by atoms with E-state index in [0.717, 1.165) is 30.5 Å². The summed E-state index contributed by atoms with van der Waals surface area (Å²) in [6.45, 7) is 0. The third-order valence-electron chi connectivity index (χ3n) is 7.28. The largest absolute Gasteiger partial charge is 0.390 e. The molecule has 3 heteroatoms. The van der Waals surface area contributed by atoms with Gasteiger partial charge in [-0.05, 0) is 91.2 Å². The zero-order valence-corrected chi connectivity index (χ0v) is 16.9. The minimum absolute atomic E-state index is 0.198. The fourth-order valence-corrected chi connectivity index (χ4v) is 6.46. The van der Waals surface area contributed by atoms with Gasteiger partial charge in [0.25, 0.3) is 0 Å². The molecule has 4 fully saturated rings. The summed E-state index contributed by atoms with van der Waals surface area (Å²) in [4.78, 5) is 6.76. The van der Waals surface area contributed by atoms with E-state index in [-0.39, 0.29) is 5.41 Å². The van der Waals surface area contributed by atoms with E-state index in [4.69, 9.17) is 0 Å². The van der Waals surface area contributed by atoms with E-state index >= 15 is 0 Å². The van der Waals surface area contributed by atoms with Crippen molar-refractivity contribution >= 4 is 17.6 Å². The summed E-state index contributed by atoms with van der Waals surface area (Å²) in [5, 5.41) is 11.0. The molecule has 2 unspecified atom stereocenters. The summed E-state index contributed by atoms with van der Waals surface area (Å²) < 4.78 is 0. The van der Waals surface area contributed by atoms with Crippen molar-refractivity contribution in [2.45, 2.75) is 49.5 Å². The maximum Gasteiger partial charge on any atom is 0.0661 e. The average molecular weight is 375 g/mol. The third kappa shape index (κ3) is 3.16. The van der Waals surface area contributed by atoms with E-state index in [9.17, 15) is 5.11 Å². The molecule has 0 aliphatic heterocycles. The van der Waals surface area contributed by atoms with Gasteiger partial charge in [-0.2, -0.15) is 0 Å². The van der Waals surface area contributed by atoms with Crippen LogP contribution in [0.3, 0.4) is 0 Å². The van der Waals surface area contributed by atoms with E-state index in [1.165, 1.54) is 30.5 Å². The quantitative estimate of drug-likeness (QED) is 0.757. The number of benzene rings is 2. The molecule has 0 saturated heterocycles. The first kappa shape index (κ1) is 17.9. The Hall–Kier alpha value is -2.13. The van der Waals surface area contributed by atoms with E-state index in [0.29, 0.717) is 11.8 Å². The molecule has 0 amide bonds. The molecule has 0 aromatic heterocycles. The van der Waals surface area contributed by atoms with Crippen molar-refractivity contribution in [1.82, 2.24) is 0 Å². The number of hydrogen-bond acceptors (Lipinski definition) is 3. The molecule has 0 radical (unpaired) electrons. The van der Waals surface area contributed by atoms with Crippen molar-refractivity contribution in [2.24, 2.45) is 16.8 Å². The van der Waals surface area contributed by atoms with Gasteiger partial charge in [0.05, 0.1) is 11.3 Å². The van der Waals surface area contributed by atoms with Crippen LogP contribution in [-0.2, 0) is 5.41 Å². The van der Waals surface area contributed by atoms with Gasteiger partial charge in [-0.15, -0.1) is 0 Å². The summed E-state index contributed by atoms with van der Waals surface area (Å²) in [7, 11) is 4.10. The molecule has 146 valence electrons. The molecule has 1 N–H and O–H groups in total. The second-order valence-corrected chi connectivity index (χ2v) is 9.76. The molecule has 4 aliphatic rings. The smallest absolute Gasteiger partial charge is 0.0661 e. The number of aliphatic imine (C=N–C) groups is 1. The molecule has 3 nitrogen and oxygen atoms in total. The summed E-state index contributed by atoms with van der Waals surface area (Å²) in [6.07, 6.45) is 8.79. The van der Waals surface area contributed by atoms with Crippen LogP contribution in [0.4, 0.5) is 11.4 Å². The zero-order valence-electron chi connectivity index (χ0n) is 16.9. The molecule has 2 atom stereocenters. The Bertz CT molecular complexity index is 868. The van der Waals surface area contributed by atoms with Crippen molar-refractivity contribution in [1.29, 1.82) is 0 Å². The summed E-state index contributed by atoms with van der Waals surface area (Å²) in [6, 6.07) is 17.2. The molecule has 0 heterocycles. The molecule has 28 heavy (non-hydrogen) atoms. The van der Waals surface area contributed by atoms with Gasteiger partial charge in [-0.1, -0.05) is 24.3 Å². The maximum atomic E-state index is 11.0. The second-order valence-electron chi connectivity index (χ2n) is 9.76. The molecule has 2 aromatic carbocycles. The van der Waals surface area contributed by atoms with Gasteiger partial charge in [-0.25, -0.2) is 0 Å². The Kier molecular flexibility index (Phi) is 4.13. The maximum absolute atomic E-state index is 11.0. The standard InChI is InChI=1S/C25H30N2O/c1-27(2)23-9-3-18(4-10-23)16-26-22-7-5-21(6-8-22)24-12-19-11-20(13-24)15-25(28,14-19)17-24/h3-10,16,19-20,28H,11-15,17H2,1-2H3. The van der Waals surface area contributed by atoms with Crippen molar-refractivity contribution in [3.05, 3.63) is 59.7 Å². The van der Waals surface area contributed by atoms with E-state index in [1.54, 1.807) is 0 Å². The molecule has 4 saturated carbocycles. The lowest BCUT2D eigenvalue weighted by molar-refractivity contribution is -0.136. The highest BCUT2D eigenvalue weighted by Gasteiger charge is 2.57. The molecular weight excluding hydrogens is 344 g/mol. The fraction of sp³-hybridized carbons (Fsp3) is 0.480. The first-order chi connectivity index (χ1) is 13.4. The van der Waals surface area contributed by atoms with Gasteiger partial charge in [0.1, 0.15) is 0 Å². The van der Waals surface area contributed by atoms with Gasteiger partial charge in [-0.3, -0.25) is 4.99 Å². The van der Waals surface area contributed by atoms with Crippen LogP contribution in [0.15, 0.2) is 53.5 Å². The molecule has 0 spiro atoms. The van der Waals surface area contributed by atoms with Crippen LogP contribution >= 0.6 is 0 Å². The fourth-order valence-electron chi connectivity index (χ4n) is 6.46. The first-order valence-corrected chi connectivity index (χ1v) is 10.6. The lowest BCUT2D eigenvalue weighted by Crippen LogP contribution is -2.57. The highest BCUT2D eigenvalue weighted by atomic mass is 16.3. The number of nitrogens with zero attached hydrogens (tertiary/aromatic N) is 2. The Morgan fingerprint density at radius 2 is 1.57 bits per heavy atom. The predicted molar refractivity (Wildman–Crippen MR) is 116 cm³/mol. The summed E-state index contributed by atoms with van der Waals surface area (Å²) >= 11 is 0. The Balaban J connectivity index is 1.33. The van der Waals surface area contributed by atoms with Crippen LogP contribution in [0.2, 0.25) is 0 Å². The minimum Gasteiger partial charge on any atom is -0.390 e. The van der Waals surface area contributed by atoms with Gasteiger partial charge < -0.3 is 10.0 Å². The monoisotopic (exact) mass is 374 g/mol. The van der Waals surface area contributed by atoms with Gasteiger partial charge >= 0.3 is 0 Å². The van der Waals surface area contributed by atoms with Crippen LogP contribution in [0.1, 0.15) is 49.7 Å². The normalized spacial score (nSPS) is 33.5. The number of aliphatic hydroxyl groups is 1. The van der Waals surface area contributed by atoms with E-state index < -0.39 is 5.60 Å². The molecule has 6 rings (SSSR count). The molecule has 4 aliphatic carbocycles. The number of anilines is 1. The van der Waals surface area contributed by atoms with Gasteiger partial charge in [0.2, 0.25) is 0 Å². The lowest BCUT2D eigenvalue weighted by atomic mass is 9.46. The predicted octanol–water partition coefficient (Wildman–Crippen LogP) is 5.09. The molecule has 2 aromatic rings. The van der Waals surface area contributed by atoms with E-state index in [2.05, 4.69) is 58.4 Å². The summed E-state index contributed by atoms with van der Waals surface area (Å²) in [5.41, 5.74) is 4.50. The van der Waals surface area contributed by atoms with Crippen molar-refractivity contribution in [2.75, 3.05) is 19.0 Å². The van der Waals surface area contributed by atoms with E-state index in [1.807, 2.05) is 20.3 Å². The minimum atomic E-state index is -0.403. The van der Waals surface area contributed by atoms with Crippen molar-refractivity contribution in [3.8, 4) is 0 Å². The van der Waals surface area contributed by atoms with Crippen LogP contribution < -0.4 is 4.90 Å². The van der Waals surface area contributed by atoms with Crippen LogP contribution in [0, 0.1) is 11.8 Å². The molecule has 4 bridgehead atoms. The highest BCUT2D eigenvalue weighted by Crippen LogP contribution is 2.62. The lowest BCUT2D eigenvalue weighted by Gasteiger charge is -2.60. The highest BCUT2D eigenvalue weighted by molar-refractivity contribution is 5.82. The number of rotatable bonds is 4. The second kappa shape index (κ2) is 6.45. The number of hydrogen-bond donors (Lipinski definition) is 1. The third-order valence-corrected chi connectivity index (χ3v) is 7.28. The van der Waals surface area contributed by atoms with Crippen LogP contribution in [0.5, 0.6) is 0 Å². The first-order valence-electron chi connectivity index (χ1n) is 10.6. The SMILES string of the molecule is CN(C)c1ccc(C=Nc2ccc(C34CC5CC(CC(O)(C5)C3)C4)cc2)cc1. The Morgan fingerprint density at radius 3 is 2.14 bits per heavy atom. The van der Waals surface area contributed by atoms with Gasteiger partial charge in [0, 0.05) is 26.0 Å². The zero-order chi connectivity index (χ0) is 19.4.